The van der Waals surface area contributed by atoms with E-state index in [9.17, 15) is 14.4 Å². The molecule has 3 fully saturated rings. The van der Waals surface area contributed by atoms with Crippen molar-refractivity contribution in [1.82, 2.24) is 4.90 Å². The molecule has 0 N–H and O–H groups in total. The van der Waals surface area contributed by atoms with Crippen molar-refractivity contribution in [3.8, 4) is 0 Å². The number of imide groups is 1. The van der Waals surface area contributed by atoms with E-state index >= 15 is 0 Å². The van der Waals surface area contributed by atoms with Crippen LogP contribution in [-0.4, -0.2) is 29.3 Å². The van der Waals surface area contributed by atoms with Gasteiger partial charge in [0, 0.05) is 12.6 Å². The monoisotopic (exact) mass is 350 g/mol. The Kier molecular flexibility index (Phi) is 3.21. The van der Waals surface area contributed by atoms with Crippen LogP contribution in [0.4, 0.5) is 5.69 Å². The molecule has 0 aromatic heterocycles. The Hall–Kier alpha value is -2.43. The summed E-state index contributed by atoms with van der Waals surface area (Å²) in [4.78, 5) is 41.2. The van der Waals surface area contributed by atoms with Crippen LogP contribution in [0.15, 0.2) is 36.4 Å². The zero-order chi connectivity index (χ0) is 18.2. The van der Waals surface area contributed by atoms with Gasteiger partial charge in [0.1, 0.15) is 6.67 Å². The van der Waals surface area contributed by atoms with E-state index in [1.54, 1.807) is 0 Å². The number of amides is 3. The molecule has 5 heteroatoms. The predicted molar refractivity (Wildman–Crippen MR) is 95.8 cm³/mol. The van der Waals surface area contributed by atoms with Gasteiger partial charge >= 0.3 is 0 Å². The lowest BCUT2D eigenvalue weighted by Crippen LogP contribution is -2.44. The molecule has 26 heavy (non-hydrogen) atoms. The molecule has 1 heterocycles. The smallest absolute Gasteiger partial charge is 0.235 e. The van der Waals surface area contributed by atoms with Crippen molar-refractivity contribution in [1.29, 1.82) is 0 Å². The highest BCUT2D eigenvalue weighted by Crippen LogP contribution is 2.65. The topological polar surface area (TPSA) is 57.7 Å². The minimum Gasteiger partial charge on any atom is -0.294 e. The average Bonchev–Trinajstić information content (AvgIpc) is 3.40. The number of allylic oxidation sites excluding steroid dienone is 2. The van der Waals surface area contributed by atoms with Crippen LogP contribution in [-0.2, 0) is 14.4 Å². The highest BCUT2D eigenvalue weighted by Gasteiger charge is 2.67. The first kappa shape index (κ1) is 15.8. The van der Waals surface area contributed by atoms with E-state index < -0.39 is 0 Å². The molecular formula is C21H22N2O3. The van der Waals surface area contributed by atoms with E-state index in [4.69, 9.17) is 0 Å². The maximum atomic E-state index is 13.1. The van der Waals surface area contributed by atoms with Crippen molar-refractivity contribution >= 4 is 23.4 Å². The van der Waals surface area contributed by atoms with Crippen molar-refractivity contribution in [3.63, 3.8) is 0 Å². The Morgan fingerprint density at radius 1 is 1.04 bits per heavy atom. The Morgan fingerprint density at radius 3 is 2.08 bits per heavy atom. The molecule has 2 saturated carbocycles. The van der Waals surface area contributed by atoms with Gasteiger partial charge in [-0.05, 0) is 49.1 Å². The molecule has 6 rings (SSSR count). The maximum Gasteiger partial charge on any atom is 0.235 e. The molecule has 1 aromatic rings. The Morgan fingerprint density at radius 2 is 1.58 bits per heavy atom. The van der Waals surface area contributed by atoms with Crippen LogP contribution in [0.2, 0.25) is 0 Å². The molecule has 4 aliphatic carbocycles. The van der Waals surface area contributed by atoms with Crippen LogP contribution in [0.3, 0.4) is 0 Å². The molecule has 1 aromatic carbocycles. The highest BCUT2D eigenvalue weighted by molar-refractivity contribution is 6.07. The number of aryl methyl sites for hydroxylation is 1. The number of carbonyl (C=O) groups is 3. The second-order valence-electron chi connectivity index (χ2n) is 8.18. The van der Waals surface area contributed by atoms with Crippen molar-refractivity contribution in [2.45, 2.75) is 20.3 Å². The SMILES string of the molecule is CC(=O)N(CN1C(=O)[C@H]2[C@@H]3C=C[C@@H]([C@H]4C[C@H]34)[C@@H]2C1=O)c1ccc(C)cc1. The van der Waals surface area contributed by atoms with Crippen LogP contribution in [0.25, 0.3) is 0 Å². The Bertz CT molecular complexity index is 807. The van der Waals surface area contributed by atoms with Crippen molar-refractivity contribution in [2.24, 2.45) is 35.5 Å². The summed E-state index contributed by atoms with van der Waals surface area (Å²) in [6.07, 6.45) is 5.48. The zero-order valence-electron chi connectivity index (χ0n) is 15.0. The molecule has 0 spiro atoms. The summed E-state index contributed by atoms with van der Waals surface area (Å²) in [5, 5.41) is 0. The largest absolute Gasteiger partial charge is 0.294 e. The lowest BCUT2D eigenvalue weighted by atomic mass is 9.63. The quantitative estimate of drug-likeness (QED) is 0.621. The molecule has 1 aliphatic heterocycles. The third-order valence-electron chi connectivity index (χ3n) is 6.76. The zero-order valence-corrected chi connectivity index (χ0v) is 15.0. The third kappa shape index (κ3) is 2.06. The summed E-state index contributed by atoms with van der Waals surface area (Å²) in [6.45, 7) is 3.46. The first-order chi connectivity index (χ1) is 12.5. The van der Waals surface area contributed by atoms with Gasteiger partial charge in [-0.25, -0.2) is 0 Å². The Labute approximate surface area is 152 Å². The summed E-state index contributed by atoms with van der Waals surface area (Å²) in [6, 6.07) is 7.57. The number of likely N-dealkylation sites (tertiary alicyclic amines) is 1. The minimum atomic E-state index is -0.215. The maximum absolute atomic E-state index is 13.1. The predicted octanol–water partition coefficient (Wildman–Crippen LogP) is 2.36. The normalized spacial score (nSPS) is 36.2. The molecule has 134 valence electrons. The van der Waals surface area contributed by atoms with Gasteiger partial charge in [0.2, 0.25) is 17.7 Å². The highest BCUT2D eigenvalue weighted by atomic mass is 16.2. The standard InChI is InChI=1S/C21H22N2O3/c1-11-3-5-13(6-4-11)22(12(2)24)10-23-20(25)18-14-7-8-15(17-9-16(14)17)19(18)21(23)26/h3-8,14-19H,9-10H2,1-2H3/t14-,15+,16-,17-,18+,19+/m1/s1. The van der Waals surface area contributed by atoms with Gasteiger partial charge in [-0.15, -0.1) is 0 Å². The molecule has 3 amide bonds. The van der Waals surface area contributed by atoms with E-state index in [1.807, 2.05) is 31.2 Å². The van der Waals surface area contributed by atoms with Crippen molar-refractivity contribution in [2.75, 3.05) is 11.6 Å². The Balaban J connectivity index is 1.44. The van der Waals surface area contributed by atoms with Gasteiger partial charge in [-0.3, -0.25) is 24.2 Å². The van der Waals surface area contributed by atoms with Gasteiger partial charge in [0.15, 0.2) is 0 Å². The van der Waals surface area contributed by atoms with Gasteiger partial charge in [0.05, 0.1) is 11.8 Å². The molecule has 0 radical (unpaired) electrons. The fourth-order valence-electron chi connectivity index (χ4n) is 5.39. The third-order valence-corrected chi connectivity index (χ3v) is 6.76. The fraction of sp³-hybridized carbons (Fsp3) is 0.476. The second kappa shape index (κ2) is 5.29. The van der Waals surface area contributed by atoms with E-state index in [1.165, 1.54) is 16.7 Å². The van der Waals surface area contributed by atoms with Gasteiger partial charge in [-0.1, -0.05) is 29.8 Å². The molecular weight excluding hydrogens is 328 g/mol. The summed E-state index contributed by atoms with van der Waals surface area (Å²) < 4.78 is 0. The van der Waals surface area contributed by atoms with Crippen LogP contribution in [0.1, 0.15) is 18.9 Å². The molecule has 6 atom stereocenters. The summed E-state index contributed by atoms with van der Waals surface area (Å²) in [7, 11) is 0. The van der Waals surface area contributed by atoms with Crippen molar-refractivity contribution in [3.05, 3.63) is 42.0 Å². The van der Waals surface area contributed by atoms with E-state index in [0.717, 1.165) is 12.0 Å². The number of hydrogen-bond donors (Lipinski definition) is 0. The first-order valence-electron chi connectivity index (χ1n) is 9.35. The van der Waals surface area contributed by atoms with E-state index in [0.29, 0.717) is 17.5 Å². The number of nitrogens with zero attached hydrogens (tertiary/aromatic N) is 2. The van der Waals surface area contributed by atoms with Crippen LogP contribution in [0.5, 0.6) is 0 Å². The number of rotatable bonds is 3. The van der Waals surface area contributed by atoms with Gasteiger partial charge in [0.25, 0.3) is 0 Å². The van der Waals surface area contributed by atoms with Gasteiger partial charge in [-0.2, -0.15) is 0 Å². The summed E-state index contributed by atoms with van der Waals surface area (Å²) in [5.74, 6) is 0.802. The van der Waals surface area contributed by atoms with E-state index in [-0.39, 0.29) is 48.1 Å². The van der Waals surface area contributed by atoms with Gasteiger partial charge < -0.3 is 0 Å². The molecule has 5 aliphatic rings. The molecule has 2 bridgehead atoms. The number of anilines is 1. The first-order valence-corrected chi connectivity index (χ1v) is 9.35. The molecule has 0 unspecified atom stereocenters. The lowest BCUT2D eigenvalue weighted by Gasteiger charge is -2.37. The number of benzene rings is 1. The van der Waals surface area contributed by atoms with Crippen LogP contribution >= 0.6 is 0 Å². The second-order valence-corrected chi connectivity index (χ2v) is 8.18. The molecule has 5 nitrogen and oxygen atoms in total. The summed E-state index contributed by atoms with van der Waals surface area (Å²) in [5.41, 5.74) is 1.81. The summed E-state index contributed by atoms with van der Waals surface area (Å²) >= 11 is 0. The number of hydrogen-bond acceptors (Lipinski definition) is 3. The fourth-order valence-corrected chi connectivity index (χ4v) is 5.39. The minimum absolute atomic E-state index is 0.0117. The average molecular weight is 350 g/mol. The van der Waals surface area contributed by atoms with Crippen LogP contribution in [0, 0.1) is 42.4 Å². The molecule has 1 saturated heterocycles. The number of carbonyl (C=O) groups excluding carboxylic acids is 3. The van der Waals surface area contributed by atoms with Crippen LogP contribution < -0.4 is 4.90 Å². The van der Waals surface area contributed by atoms with E-state index in [2.05, 4.69) is 12.2 Å². The lowest BCUT2D eigenvalue weighted by molar-refractivity contribution is -0.140. The van der Waals surface area contributed by atoms with Crippen molar-refractivity contribution < 1.29 is 14.4 Å².